The van der Waals surface area contributed by atoms with Gasteiger partial charge in [0.2, 0.25) is 21.8 Å². The van der Waals surface area contributed by atoms with Crippen molar-refractivity contribution in [3.8, 4) is 5.75 Å². The average molecular weight is 460 g/mol. The van der Waals surface area contributed by atoms with Crippen LogP contribution in [-0.4, -0.2) is 51.6 Å². The number of likely N-dealkylation sites (tertiary alicyclic amines) is 1. The highest BCUT2D eigenvalue weighted by Crippen LogP contribution is 2.22. The molecule has 0 unspecified atom stereocenters. The SMILES string of the molecule is COc1ccc([C@@H](CC(=O)Nc2ccc(CC(=O)N3CCCC3)cc2)NS(C)(=O)=O)cc1. The Morgan fingerprint density at radius 2 is 1.66 bits per heavy atom. The molecule has 0 radical (unpaired) electrons. The Morgan fingerprint density at radius 1 is 1.03 bits per heavy atom. The summed E-state index contributed by atoms with van der Waals surface area (Å²) >= 11 is 0. The molecule has 0 aromatic heterocycles. The van der Waals surface area contributed by atoms with Gasteiger partial charge in [0.05, 0.1) is 25.8 Å². The minimum absolute atomic E-state index is 0.0748. The molecule has 1 atom stereocenters. The number of benzene rings is 2. The first kappa shape index (κ1) is 23.7. The number of carbonyl (C=O) groups excluding carboxylic acids is 2. The van der Waals surface area contributed by atoms with E-state index >= 15 is 0 Å². The molecule has 0 aliphatic carbocycles. The lowest BCUT2D eigenvalue weighted by Gasteiger charge is -2.18. The standard InChI is InChI=1S/C23H29N3O5S/c1-31-20-11-7-18(8-12-20)21(25-32(2,29)30)16-22(27)24-19-9-5-17(6-10-19)15-23(28)26-13-3-4-14-26/h5-12,21,25H,3-4,13-16H2,1-2H3,(H,24,27)/t21-/m1/s1. The molecule has 0 bridgehead atoms. The van der Waals surface area contributed by atoms with Crippen LogP contribution in [0.25, 0.3) is 0 Å². The van der Waals surface area contributed by atoms with E-state index in [1.807, 2.05) is 17.0 Å². The molecule has 9 heteroatoms. The predicted molar refractivity (Wildman–Crippen MR) is 123 cm³/mol. The van der Waals surface area contributed by atoms with Gasteiger partial charge < -0.3 is 15.0 Å². The summed E-state index contributed by atoms with van der Waals surface area (Å²) in [6, 6.07) is 13.3. The molecular weight excluding hydrogens is 430 g/mol. The second-order valence-electron chi connectivity index (χ2n) is 7.93. The molecule has 3 rings (SSSR count). The first-order valence-corrected chi connectivity index (χ1v) is 12.4. The number of hydrogen-bond donors (Lipinski definition) is 2. The zero-order valence-corrected chi connectivity index (χ0v) is 19.2. The maximum absolute atomic E-state index is 12.6. The third-order valence-corrected chi connectivity index (χ3v) is 6.03. The zero-order valence-electron chi connectivity index (χ0n) is 18.3. The van der Waals surface area contributed by atoms with Crippen molar-refractivity contribution in [1.29, 1.82) is 0 Å². The Morgan fingerprint density at radius 3 is 2.22 bits per heavy atom. The topological polar surface area (TPSA) is 105 Å². The van der Waals surface area contributed by atoms with Gasteiger partial charge in [-0.3, -0.25) is 9.59 Å². The van der Waals surface area contributed by atoms with E-state index in [0.29, 0.717) is 23.4 Å². The van der Waals surface area contributed by atoms with Crippen molar-refractivity contribution in [2.75, 3.05) is 31.8 Å². The zero-order chi connectivity index (χ0) is 23.1. The van der Waals surface area contributed by atoms with Gasteiger partial charge in [-0.15, -0.1) is 0 Å². The third-order valence-electron chi connectivity index (χ3n) is 5.32. The van der Waals surface area contributed by atoms with Crippen LogP contribution in [0.15, 0.2) is 48.5 Å². The number of ether oxygens (including phenoxy) is 1. The molecule has 1 saturated heterocycles. The van der Waals surface area contributed by atoms with Gasteiger partial charge in [-0.2, -0.15) is 0 Å². The Kier molecular flexibility index (Phi) is 7.87. The maximum atomic E-state index is 12.6. The number of carbonyl (C=O) groups is 2. The van der Waals surface area contributed by atoms with E-state index in [9.17, 15) is 18.0 Å². The van der Waals surface area contributed by atoms with Crippen LogP contribution in [0, 0.1) is 0 Å². The second-order valence-corrected chi connectivity index (χ2v) is 9.71. The van der Waals surface area contributed by atoms with Crippen molar-refractivity contribution < 1.29 is 22.7 Å². The van der Waals surface area contributed by atoms with Crippen molar-refractivity contribution >= 4 is 27.5 Å². The fourth-order valence-corrected chi connectivity index (χ4v) is 4.41. The molecule has 172 valence electrons. The fourth-order valence-electron chi connectivity index (χ4n) is 3.68. The van der Waals surface area contributed by atoms with Crippen LogP contribution in [0.5, 0.6) is 5.75 Å². The van der Waals surface area contributed by atoms with E-state index in [1.54, 1.807) is 43.5 Å². The number of anilines is 1. The number of amides is 2. The fraction of sp³-hybridized carbons (Fsp3) is 0.391. The summed E-state index contributed by atoms with van der Waals surface area (Å²) in [4.78, 5) is 26.8. The number of hydrogen-bond acceptors (Lipinski definition) is 5. The summed E-state index contributed by atoms with van der Waals surface area (Å²) in [6.45, 7) is 1.65. The highest BCUT2D eigenvalue weighted by molar-refractivity contribution is 7.88. The van der Waals surface area contributed by atoms with Gasteiger partial charge in [-0.05, 0) is 48.2 Å². The third kappa shape index (κ3) is 7.06. The number of methoxy groups -OCH3 is 1. The lowest BCUT2D eigenvalue weighted by atomic mass is 10.0. The molecule has 1 fully saturated rings. The van der Waals surface area contributed by atoms with Gasteiger partial charge in [0.25, 0.3) is 0 Å². The molecule has 32 heavy (non-hydrogen) atoms. The highest BCUT2D eigenvalue weighted by atomic mass is 32.2. The summed E-state index contributed by atoms with van der Waals surface area (Å²) in [5.74, 6) is 0.427. The molecule has 0 saturated carbocycles. The normalized spacial score (nSPS) is 14.8. The monoisotopic (exact) mass is 459 g/mol. The first-order chi connectivity index (χ1) is 15.2. The molecule has 1 heterocycles. The summed E-state index contributed by atoms with van der Waals surface area (Å²) in [7, 11) is -1.98. The summed E-state index contributed by atoms with van der Waals surface area (Å²) in [6.07, 6.45) is 3.44. The van der Waals surface area contributed by atoms with Crippen molar-refractivity contribution in [3.63, 3.8) is 0 Å². The van der Waals surface area contributed by atoms with Crippen LogP contribution < -0.4 is 14.8 Å². The molecule has 2 aromatic carbocycles. The van der Waals surface area contributed by atoms with Gasteiger partial charge in [-0.25, -0.2) is 13.1 Å². The number of rotatable bonds is 9. The van der Waals surface area contributed by atoms with E-state index in [1.165, 1.54) is 0 Å². The number of nitrogens with zero attached hydrogens (tertiary/aromatic N) is 1. The lowest BCUT2D eigenvalue weighted by molar-refractivity contribution is -0.129. The van der Waals surface area contributed by atoms with Crippen LogP contribution in [0.4, 0.5) is 5.69 Å². The van der Waals surface area contributed by atoms with E-state index in [4.69, 9.17) is 4.74 Å². The lowest BCUT2D eigenvalue weighted by Crippen LogP contribution is -2.30. The second kappa shape index (κ2) is 10.6. The van der Waals surface area contributed by atoms with Crippen LogP contribution in [-0.2, 0) is 26.0 Å². The molecule has 2 amide bonds. The Balaban J connectivity index is 1.61. The van der Waals surface area contributed by atoms with E-state index in [-0.39, 0.29) is 18.2 Å². The largest absolute Gasteiger partial charge is 0.497 e. The van der Waals surface area contributed by atoms with Gasteiger partial charge >= 0.3 is 0 Å². The van der Waals surface area contributed by atoms with E-state index < -0.39 is 16.1 Å². The number of nitrogens with one attached hydrogen (secondary N) is 2. The van der Waals surface area contributed by atoms with E-state index in [0.717, 1.165) is 37.8 Å². The first-order valence-electron chi connectivity index (χ1n) is 10.5. The highest BCUT2D eigenvalue weighted by Gasteiger charge is 2.21. The Bertz CT molecular complexity index is 1030. The van der Waals surface area contributed by atoms with Crippen molar-refractivity contribution in [2.45, 2.75) is 31.7 Å². The van der Waals surface area contributed by atoms with Crippen LogP contribution in [0.3, 0.4) is 0 Å². The minimum atomic E-state index is -3.53. The molecule has 1 aliphatic heterocycles. The summed E-state index contributed by atoms with van der Waals surface area (Å²) in [5, 5.41) is 2.79. The predicted octanol–water partition coefficient (Wildman–Crippen LogP) is 2.48. The smallest absolute Gasteiger partial charge is 0.226 e. The van der Waals surface area contributed by atoms with Crippen molar-refractivity contribution in [3.05, 3.63) is 59.7 Å². The summed E-state index contributed by atoms with van der Waals surface area (Å²) in [5.41, 5.74) is 2.12. The molecule has 0 spiro atoms. The quantitative estimate of drug-likeness (QED) is 0.599. The maximum Gasteiger partial charge on any atom is 0.226 e. The molecular formula is C23H29N3O5S. The Labute approximate surface area is 189 Å². The van der Waals surface area contributed by atoms with Gasteiger partial charge in [0.1, 0.15) is 5.75 Å². The molecule has 1 aliphatic rings. The van der Waals surface area contributed by atoms with Crippen LogP contribution in [0.2, 0.25) is 0 Å². The summed E-state index contributed by atoms with van der Waals surface area (Å²) < 4.78 is 31.2. The van der Waals surface area contributed by atoms with Crippen LogP contribution >= 0.6 is 0 Å². The molecule has 8 nitrogen and oxygen atoms in total. The van der Waals surface area contributed by atoms with Crippen molar-refractivity contribution in [1.82, 2.24) is 9.62 Å². The van der Waals surface area contributed by atoms with Gasteiger partial charge in [0, 0.05) is 25.2 Å². The molecule has 2 N–H and O–H groups in total. The van der Waals surface area contributed by atoms with Crippen molar-refractivity contribution in [2.24, 2.45) is 0 Å². The van der Waals surface area contributed by atoms with Gasteiger partial charge in [-0.1, -0.05) is 24.3 Å². The van der Waals surface area contributed by atoms with E-state index in [2.05, 4.69) is 10.0 Å². The molecule has 2 aromatic rings. The van der Waals surface area contributed by atoms with Crippen LogP contribution in [0.1, 0.15) is 36.4 Å². The Hall–Kier alpha value is -2.91. The number of sulfonamides is 1. The minimum Gasteiger partial charge on any atom is -0.497 e. The average Bonchev–Trinajstić information content (AvgIpc) is 3.29. The van der Waals surface area contributed by atoms with Gasteiger partial charge in [0.15, 0.2) is 0 Å².